The molecule has 2 fully saturated rings. The van der Waals surface area contributed by atoms with Crippen molar-refractivity contribution in [3.05, 3.63) is 0 Å². The fourth-order valence-electron chi connectivity index (χ4n) is 3.82. The molecule has 0 radical (unpaired) electrons. The molecule has 0 amide bonds. The Morgan fingerprint density at radius 2 is 1.86 bits per heavy atom. The number of carboxylic acid groups (broad SMARTS) is 1. The average Bonchev–Trinajstić information content (AvgIpc) is 2.38. The van der Waals surface area contributed by atoms with Crippen molar-refractivity contribution >= 4 is 15.8 Å². The zero-order valence-electron chi connectivity index (χ0n) is 12.9. The van der Waals surface area contributed by atoms with Crippen LogP contribution in [-0.2, 0) is 19.4 Å². The highest BCUT2D eigenvalue weighted by Gasteiger charge is 2.47. The minimum absolute atomic E-state index is 0.325. The van der Waals surface area contributed by atoms with E-state index < -0.39 is 32.2 Å². The Labute approximate surface area is 127 Å². The predicted octanol–water partition coefficient (Wildman–Crippen LogP) is 2.39. The van der Waals surface area contributed by atoms with Crippen molar-refractivity contribution in [2.45, 2.75) is 74.9 Å². The Kier molecular flexibility index (Phi) is 4.98. The summed E-state index contributed by atoms with van der Waals surface area (Å²) in [7, 11) is -3.68. The van der Waals surface area contributed by atoms with E-state index in [2.05, 4.69) is 0 Å². The van der Waals surface area contributed by atoms with E-state index in [1.54, 1.807) is 13.8 Å². The molecule has 1 saturated heterocycles. The molecule has 2 unspecified atom stereocenters. The number of hydrogen-bond acceptors (Lipinski definition) is 4. The van der Waals surface area contributed by atoms with Gasteiger partial charge in [0.2, 0.25) is 0 Å². The maximum atomic E-state index is 12.8. The lowest BCUT2D eigenvalue weighted by Crippen LogP contribution is -2.50. The second kappa shape index (κ2) is 6.24. The second-order valence-corrected chi connectivity index (χ2v) is 9.15. The van der Waals surface area contributed by atoms with Crippen LogP contribution in [0.3, 0.4) is 0 Å². The predicted molar refractivity (Wildman–Crippen MR) is 80.0 cm³/mol. The minimum Gasteiger partial charge on any atom is -0.480 e. The highest BCUT2D eigenvalue weighted by molar-refractivity contribution is 7.93. The van der Waals surface area contributed by atoms with Crippen molar-refractivity contribution in [3.63, 3.8) is 0 Å². The lowest BCUT2D eigenvalue weighted by molar-refractivity contribution is -0.137. The van der Waals surface area contributed by atoms with Crippen LogP contribution >= 0.6 is 0 Å². The third-order valence-electron chi connectivity index (χ3n) is 4.88. The largest absolute Gasteiger partial charge is 0.480 e. The van der Waals surface area contributed by atoms with Crippen LogP contribution < -0.4 is 0 Å². The van der Waals surface area contributed by atoms with E-state index in [1.165, 1.54) is 6.42 Å². The second-order valence-electron chi connectivity index (χ2n) is 6.80. The van der Waals surface area contributed by atoms with Crippen LogP contribution in [0.25, 0.3) is 0 Å². The molecule has 1 saturated carbocycles. The SMILES string of the molecule is CC(C)C(C(=O)O)S(=O)(=O)C1CCOC2(CCCCC2)C1. The molecule has 0 bridgehead atoms. The molecule has 2 aliphatic rings. The molecule has 1 spiro atoms. The lowest BCUT2D eigenvalue weighted by atomic mass is 9.80. The average molecular weight is 318 g/mol. The zero-order chi connectivity index (χ0) is 15.7. The summed E-state index contributed by atoms with van der Waals surface area (Å²) in [6.07, 6.45) is 5.99. The number of sulfone groups is 1. The molecule has 2 rings (SSSR count). The van der Waals surface area contributed by atoms with E-state index in [0.717, 1.165) is 25.7 Å². The monoisotopic (exact) mass is 318 g/mol. The summed E-state index contributed by atoms with van der Waals surface area (Å²) in [5, 5.41) is 7.42. The quantitative estimate of drug-likeness (QED) is 0.861. The summed E-state index contributed by atoms with van der Waals surface area (Å²) in [5.74, 6) is -1.65. The first kappa shape index (κ1) is 16.7. The third kappa shape index (κ3) is 3.42. The first-order valence-electron chi connectivity index (χ1n) is 7.88. The number of ether oxygens (including phenoxy) is 1. The van der Waals surface area contributed by atoms with Gasteiger partial charge in [-0.15, -0.1) is 0 Å². The molecular weight excluding hydrogens is 292 g/mol. The normalized spacial score (nSPS) is 27.7. The first-order valence-corrected chi connectivity index (χ1v) is 9.49. The molecule has 21 heavy (non-hydrogen) atoms. The number of aliphatic carboxylic acids is 1. The molecule has 0 aromatic carbocycles. The molecule has 2 atom stereocenters. The number of hydrogen-bond donors (Lipinski definition) is 1. The Bertz CT molecular complexity index is 471. The van der Waals surface area contributed by atoms with Gasteiger partial charge in [0.25, 0.3) is 0 Å². The molecule has 0 aromatic heterocycles. The summed E-state index contributed by atoms with van der Waals surface area (Å²) in [4.78, 5) is 11.4. The van der Waals surface area contributed by atoms with Gasteiger partial charge in [0.05, 0.1) is 10.9 Å². The maximum Gasteiger partial charge on any atom is 0.322 e. The summed E-state index contributed by atoms with van der Waals surface area (Å²) < 4.78 is 31.4. The maximum absolute atomic E-state index is 12.8. The van der Waals surface area contributed by atoms with Gasteiger partial charge in [-0.1, -0.05) is 33.1 Å². The third-order valence-corrected chi connectivity index (χ3v) is 7.67. The number of carbonyl (C=O) groups is 1. The number of rotatable bonds is 4. The van der Waals surface area contributed by atoms with Crippen LogP contribution in [0.2, 0.25) is 0 Å². The fraction of sp³-hybridized carbons (Fsp3) is 0.933. The van der Waals surface area contributed by atoms with Gasteiger partial charge in [0.1, 0.15) is 0 Å². The molecule has 0 aromatic rings. The number of carboxylic acids is 1. The van der Waals surface area contributed by atoms with E-state index in [0.29, 0.717) is 19.4 Å². The zero-order valence-corrected chi connectivity index (χ0v) is 13.7. The van der Waals surface area contributed by atoms with Gasteiger partial charge in [0, 0.05) is 6.61 Å². The molecule has 1 N–H and O–H groups in total. The van der Waals surface area contributed by atoms with Gasteiger partial charge in [-0.2, -0.15) is 0 Å². The topological polar surface area (TPSA) is 80.7 Å². The van der Waals surface area contributed by atoms with Crippen molar-refractivity contribution in [2.24, 2.45) is 5.92 Å². The van der Waals surface area contributed by atoms with E-state index in [1.807, 2.05) is 0 Å². The van der Waals surface area contributed by atoms with Gasteiger partial charge < -0.3 is 9.84 Å². The van der Waals surface area contributed by atoms with Gasteiger partial charge >= 0.3 is 5.97 Å². The Morgan fingerprint density at radius 1 is 1.24 bits per heavy atom. The molecule has 1 aliphatic heterocycles. The van der Waals surface area contributed by atoms with E-state index in [-0.39, 0.29) is 5.60 Å². The minimum atomic E-state index is -3.68. The van der Waals surface area contributed by atoms with Gasteiger partial charge in [-0.3, -0.25) is 4.79 Å². The smallest absolute Gasteiger partial charge is 0.322 e. The van der Waals surface area contributed by atoms with E-state index in [4.69, 9.17) is 4.74 Å². The van der Waals surface area contributed by atoms with Crippen molar-refractivity contribution in [1.82, 2.24) is 0 Å². The summed E-state index contributed by atoms with van der Waals surface area (Å²) in [6.45, 7) is 3.74. The van der Waals surface area contributed by atoms with Crippen LogP contribution in [0.1, 0.15) is 58.8 Å². The van der Waals surface area contributed by atoms with Crippen molar-refractivity contribution in [1.29, 1.82) is 0 Å². The van der Waals surface area contributed by atoms with Gasteiger partial charge in [-0.05, 0) is 31.6 Å². The van der Waals surface area contributed by atoms with Crippen LogP contribution in [-0.4, -0.2) is 42.2 Å². The summed E-state index contributed by atoms with van der Waals surface area (Å²) in [5.41, 5.74) is -0.325. The Balaban J connectivity index is 2.21. The highest BCUT2D eigenvalue weighted by Crippen LogP contribution is 2.41. The Hall–Kier alpha value is -0.620. The molecule has 1 aliphatic carbocycles. The van der Waals surface area contributed by atoms with E-state index >= 15 is 0 Å². The van der Waals surface area contributed by atoms with Crippen LogP contribution in [0.5, 0.6) is 0 Å². The van der Waals surface area contributed by atoms with E-state index in [9.17, 15) is 18.3 Å². The molecule has 1 heterocycles. The summed E-state index contributed by atoms with van der Waals surface area (Å²) in [6, 6.07) is 0. The van der Waals surface area contributed by atoms with Crippen molar-refractivity contribution in [3.8, 4) is 0 Å². The van der Waals surface area contributed by atoms with Crippen LogP contribution in [0, 0.1) is 5.92 Å². The molecule has 5 nitrogen and oxygen atoms in total. The van der Waals surface area contributed by atoms with Crippen LogP contribution in [0.4, 0.5) is 0 Å². The van der Waals surface area contributed by atoms with Crippen LogP contribution in [0.15, 0.2) is 0 Å². The van der Waals surface area contributed by atoms with Gasteiger partial charge in [-0.25, -0.2) is 8.42 Å². The molecule has 122 valence electrons. The highest BCUT2D eigenvalue weighted by atomic mass is 32.2. The lowest BCUT2D eigenvalue weighted by Gasteiger charge is -2.43. The van der Waals surface area contributed by atoms with Gasteiger partial charge in [0.15, 0.2) is 15.1 Å². The molecule has 6 heteroatoms. The fourth-order valence-corrected chi connectivity index (χ4v) is 6.24. The van der Waals surface area contributed by atoms with Crippen molar-refractivity contribution in [2.75, 3.05) is 6.61 Å². The molecular formula is C15H26O5S. The Morgan fingerprint density at radius 3 is 2.38 bits per heavy atom. The first-order chi connectivity index (χ1) is 9.78. The standard InChI is InChI=1S/C15H26O5S/c1-11(2)13(14(16)17)21(18,19)12-6-9-20-15(10-12)7-4-3-5-8-15/h11-13H,3-10H2,1-2H3,(H,16,17). The van der Waals surface area contributed by atoms with Crippen molar-refractivity contribution < 1.29 is 23.1 Å². The summed E-state index contributed by atoms with van der Waals surface area (Å²) >= 11 is 0.